The molecule has 1 aromatic rings. The molecule has 1 fully saturated rings. The van der Waals surface area contributed by atoms with Gasteiger partial charge in [-0.3, -0.25) is 19.4 Å². The number of aliphatic carboxylic acids is 1. The van der Waals surface area contributed by atoms with E-state index in [4.69, 9.17) is 17.2 Å². The van der Waals surface area contributed by atoms with Crippen LogP contribution in [0.2, 0.25) is 0 Å². The number of likely N-dealkylation sites (tertiary alicyclic amines) is 1. The lowest BCUT2D eigenvalue weighted by Gasteiger charge is -2.29. The first-order valence-electron chi connectivity index (χ1n) is 12.4. The molecule has 14 nitrogen and oxygen atoms in total. The summed E-state index contributed by atoms with van der Waals surface area (Å²) in [4.78, 5) is 63.1. The van der Waals surface area contributed by atoms with Crippen LogP contribution in [0.4, 0.5) is 0 Å². The minimum Gasteiger partial charge on any atom is -0.480 e. The SMILES string of the molecule is CC(C)CC(N)C(=O)NC(CCCN=C(N)N)C(=O)NC(Cc1cnc[nH]1)C(=O)N1CCCC1C(=O)O. The van der Waals surface area contributed by atoms with Crippen molar-refractivity contribution in [1.29, 1.82) is 0 Å². The number of carbonyl (C=O) groups is 4. The molecule has 0 bridgehead atoms. The Balaban J connectivity index is 2.21. The summed E-state index contributed by atoms with van der Waals surface area (Å²) in [6.07, 6.45) is 4.91. The molecule has 10 N–H and O–H groups in total. The van der Waals surface area contributed by atoms with Crippen LogP contribution in [-0.2, 0) is 25.6 Å². The van der Waals surface area contributed by atoms with Crippen LogP contribution in [0.25, 0.3) is 0 Å². The number of hydrogen-bond donors (Lipinski definition) is 7. The second-order valence-corrected chi connectivity index (χ2v) is 9.62. The Morgan fingerprint density at radius 1 is 1.22 bits per heavy atom. The summed E-state index contributed by atoms with van der Waals surface area (Å²) in [6.45, 7) is 4.38. The van der Waals surface area contributed by atoms with Gasteiger partial charge in [0.2, 0.25) is 17.7 Å². The molecular formula is C23H39N9O5. The minimum absolute atomic E-state index is 0.0644. The number of carboxylic acids is 1. The molecule has 2 heterocycles. The number of carboxylic acid groups (broad SMARTS) is 1. The van der Waals surface area contributed by atoms with Crippen LogP contribution in [0.3, 0.4) is 0 Å². The number of aromatic amines is 1. The monoisotopic (exact) mass is 521 g/mol. The lowest BCUT2D eigenvalue weighted by Crippen LogP contribution is -2.57. The van der Waals surface area contributed by atoms with Crippen LogP contribution in [0.5, 0.6) is 0 Å². The molecule has 0 radical (unpaired) electrons. The molecule has 4 atom stereocenters. The zero-order chi connectivity index (χ0) is 27.5. The summed E-state index contributed by atoms with van der Waals surface area (Å²) in [5.74, 6) is -2.62. The molecule has 14 heteroatoms. The fraction of sp³-hybridized carbons (Fsp3) is 0.652. The van der Waals surface area contributed by atoms with Gasteiger partial charge in [0.05, 0.1) is 12.4 Å². The van der Waals surface area contributed by atoms with Crippen LogP contribution in [0.15, 0.2) is 17.5 Å². The molecule has 1 aliphatic rings. The van der Waals surface area contributed by atoms with Crippen LogP contribution in [-0.4, -0.2) is 86.9 Å². The Morgan fingerprint density at radius 3 is 2.51 bits per heavy atom. The van der Waals surface area contributed by atoms with Crippen LogP contribution >= 0.6 is 0 Å². The Bertz CT molecular complexity index is 946. The Morgan fingerprint density at radius 2 is 1.92 bits per heavy atom. The lowest BCUT2D eigenvalue weighted by molar-refractivity contribution is -0.149. The zero-order valence-corrected chi connectivity index (χ0v) is 21.4. The number of carbonyl (C=O) groups excluding carboxylic acids is 3. The molecule has 1 aromatic heterocycles. The third-order valence-corrected chi connectivity index (χ3v) is 6.05. The number of nitrogens with zero attached hydrogens (tertiary/aromatic N) is 3. The fourth-order valence-electron chi connectivity index (χ4n) is 4.24. The first kappa shape index (κ1) is 29.5. The standard InChI is InChI=1S/C23H39N9O5/c1-13(2)9-15(24)19(33)30-16(5-3-7-28-23(25)26)20(34)31-17(10-14-11-27-12-29-14)21(35)32-8-4-6-18(32)22(36)37/h11-13,15-18H,3-10,24H2,1-2H3,(H,27,29)(H,30,33)(H,31,34)(H,36,37)(H4,25,26,28). The molecule has 2 rings (SSSR count). The van der Waals surface area contributed by atoms with E-state index < -0.39 is 47.9 Å². The van der Waals surface area contributed by atoms with Gasteiger partial charge in [-0.15, -0.1) is 0 Å². The highest BCUT2D eigenvalue weighted by Crippen LogP contribution is 2.19. The smallest absolute Gasteiger partial charge is 0.326 e. The van der Waals surface area contributed by atoms with Crippen LogP contribution in [0, 0.1) is 5.92 Å². The topological polar surface area (TPSA) is 235 Å². The number of nitrogens with one attached hydrogen (secondary N) is 3. The Hall–Kier alpha value is -3.68. The molecular weight excluding hydrogens is 482 g/mol. The van der Waals surface area contributed by atoms with Crippen molar-refractivity contribution in [2.45, 2.75) is 76.5 Å². The Kier molecular flexibility index (Phi) is 11.3. The Labute approximate surface area is 215 Å². The number of H-pyrrole nitrogens is 1. The van der Waals surface area contributed by atoms with E-state index >= 15 is 0 Å². The second-order valence-electron chi connectivity index (χ2n) is 9.62. The van der Waals surface area contributed by atoms with Gasteiger partial charge in [-0.05, 0) is 38.0 Å². The van der Waals surface area contributed by atoms with Gasteiger partial charge in [-0.1, -0.05) is 13.8 Å². The van der Waals surface area contributed by atoms with E-state index in [1.807, 2.05) is 13.8 Å². The van der Waals surface area contributed by atoms with Crippen molar-refractivity contribution in [1.82, 2.24) is 25.5 Å². The van der Waals surface area contributed by atoms with Crippen LogP contribution in [0.1, 0.15) is 51.6 Å². The lowest BCUT2D eigenvalue weighted by atomic mass is 10.0. The van der Waals surface area contributed by atoms with E-state index in [1.54, 1.807) is 0 Å². The number of guanidine groups is 1. The molecule has 1 saturated heterocycles. The number of nitrogens with two attached hydrogens (primary N) is 3. The minimum atomic E-state index is -1.10. The maximum absolute atomic E-state index is 13.4. The quantitative estimate of drug-likeness (QED) is 0.0848. The third kappa shape index (κ3) is 9.37. The highest BCUT2D eigenvalue weighted by Gasteiger charge is 2.38. The first-order chi connectivity index (χ1) is 17.5. The number of aliphatic imine (C=N–C) groups is 1. The summed E-state index contributed by atoms with van der Waals surface area (Å²) in [6, 6.07) is -3.85. The largest absolute Gasteiger partial charge is 0.480 e. The number of amides is 3. The summed E-state index contributed by atoms with van der Waals surface area (Å²) in [7, 11) is 0. The van der Waals surface area contributed by atoms with Gasteiger partial charge in [0.15, 0.2) is 5.96 Å². The molecule has 37 heavy (non-hydrogen) atoms. The number of hydrogen-bond acceptors (Lipinski definition) is 7. The average molecular weight is 522 g/mol. The number of aromatic nitrogens is 2. The van der Waals surface area contributed by atoms with Crippen molar-refractivity contribution < 1.29 is 24.3 Å². The predicted octanol–water partition coefficient (Wildman–Crippen LogP) is -1.58. The van der Waals surface area contributed by atoms with Gasteiger partial charge in [0.25, 0.3) is 0 Å². The molecule has 1 aliphatic heterocycles. The zero-order valence-electron chi connectivity index (χ0n) is 21.4. The van der Waals surface area contributed by atoms with Crippen molar-refractivity contribution >= 4 is 29.7 Å². The van der Waals surface area contributed by atoms with Gasteiger partial charge in [0.1, 0.15) is 18.1 Å². The van der Waals surface area contributed by atoms with Crippen molar-refractivity contribution in [3.05, 3.63) is 18.2 Å². The summed E-state index contributed by atoms with van der Waals surface area (Å²) >= 11 is 0. The number of imidazole rings is 1. The van der Waals surface area contributed by atoms with Gasteiger partial charge in [-0.2, -0.15) is 0 Å². The van der Waals surface area contributed by atoms with E-state index in [9.17, 15) is 24.3 Å². The van der Waals surface area contributed by atoms with Crippen molar-refractivity contribution in [2.75, 3.05) is 13.1 Å². The van der Waals surface area contributed by atoms with Gasteiger partial charge in [-0.25, -0.2) is 9.78 Å². The summed E-state index contributed by atoms with van der Waals surface area (Å²) < 4.78 is 0. The first-order valence-corrected chi connectivity index (χ1v) is 12.4. The van der Waals surface area contributed by atoms with Crippen molar-refractivity contribution in [3.8, 4) is 0 Å². The predicted molar refractivity (Wildman–Crippen MR) is 136 cm³/mol. The number of rotatable bonds is 14. The maximum atomic E-state index is 13.4. The molecule has 0 saturated carbocycles. The van der Waals surface area contributed by atoms with E-state index in [-0.39, 0.29) is 37.8 Å². The molecule has 0 aromatic carbocycles. The molecule has 0 spiro atoms. The molecule has 3 amide bonds. The van der Waals surface area contributed by atoms with E-state index in [0.717, 1.165) is 0 Å². The van der Waals surface area contributed by atoms with Crippen molar-refractivity contribution in [2.24, 2.45) is 28.1 Å². The van der Waals surface area contributed by atoms with Crippen molar-refractivity contribution in [3.63, 3.8) is 0 Å². The summed E-state index contributed by atoms with van der Waals surface area (Å²) in [5.41, 5.74) is 17.3. The second kappa shape index (κ2) is 14.2. The molecule has 4 unspecified atom stereocenters. The molecule has 0 aliphatic carbocycles. The average Bonchev–Trinajstić information content (AvgIpc) is 3.51. The van der Waals surface area contributed by atoms with Gasteiger partial charge in [0, 0.05) is 31.4 Å². The van der Waals surface area contributed by atoms with E-state index in [2.05, 4.69) is 25.6 Å². The van der Waals surface area contributed by atoms with Crippen LogP contribution < -0.4 is 27.8 Å². The molecule has 206 valence electrons. The highest BCUT2D eigenvalue weighted by atomic mass is 16.4. The van der Waals surface area contributed by atoms with Gasteiger partial charge >= 0.3 is 5.97 Å². The highest BCUT2D eigenvalue weighted by molar-refractivity contribution is 5.94. The maximum Gasteiger partial charge on any atom is 0.326 e. The fourth-order valence-corrected chi connectivity index (χ4v) is 4.24. The van der Waals surface area contributed by atoms with E-state index in [0.29, 0.717) is 31.4 Å². The van der Waals surface area contributed by atoms with Gasteiger partial charge < -0.3 is 42.8 Å². The third-order valence-electron chi connectivity index (χ3n) is 6.05. The van der Waals surface area contributed by atoms with E-state index in [1.165, 1.54) is 17.4 Å². The normalized spacial score (nSPS) is 17.6. The summed E-state index contributed by atoms with van der Waals surface area (Å²) in [5, 5.41) is 14.9.